The number of likely N-dealkylation sites (N-methyl/N-ethyl adjacent to an activating group) is 1. The van der Waals surface area contributed by atoms with Crippen LogP contribution in [0.1, 0.15) is 22.4 Å². The zero-order chi connectivity index (χ0) is 16.7. The van der Waals surface area contributed by atoms with Crippen molar-refractivity contribution in [1.82, 2.24) is 28.7 Å². The lowest BCUT2D eigenvalue weighted by molar-refractivity contribution is 0.0522. The summed E-state index contributed by atoms with van der Waals surface area (Å²) in [7, 11) is 4.07. The molecule has 7 nitrogen and oxygen atoms in total. The van der Waals surface area contributed by atoms with E-state index in [9.17, 15) is 4.79 Å². The molecule has 0 bridgehead atoms. The number of imidazole rings is 2. The van der Waals surface area contributed by atoms with Gasteiger partial charge >= 0.3 is 0 Å². The number of aryl methyl sites for hydroxylation is 1. The van der Waals surface area contributed by atoms with E-state index in [-0.39, 0.29) is 11.9 Å². The molecule has 0 saturated carbocycles. The fraction of sp³-hybridized carbons (Fsp3) is 0.353. The molecule has 7 heteroatoms. The van der Waals surface area contributed by atoms with E-state index in [4.69, 9.17) is 0 Å². The number of amides is 1. The SMILES string of the molecule is CN1CCN(C(=O)c2cccc3nccn23)C[C@@H]1c1nccn1C. The van der Waals surface area contributed by atoms with E-state index in [1.54, 1.807) is 12.4 Å². The van der Waals surface area contributed by atoms with Gasteiger partial charge in [-0.25, -0.2) is 9.97 Å². The van der Waals surface area contributed by atoms with E-state index < -0.39 is 0 Å². The van der Waals surface area contributed by atoms with E-state index in [1.165, 1.54) is 0 Å². The van der Waals surface area contributed by atoms with E-state index in [0.717, 1.165) is 18.0 Å². The van der Waals surface area contributed by atoms with Crippen LogP contribution in [0.2, 0.25) is 0 Å². The second-order valence-corrected chi connectivity index (χ2v) is 6.21. The number of fused-ring (bicyclic) bond motifs is 1. The molecule has 4 heterocycles. The number of hydrogen-bond donors (Lipinski definition) is 0. The first-order valence-electron chi connectivity index (χ1n) is 8.04. The minimum absolute atomic E-state index is 0.0332. The van der Waals surface area contributed by atoms with E-state index in [2.05, 4.69) is 21.9 Å². The van der Waals surface area contributed by atoms with Crippen molar-refractivity contribution in [3.05, 3.63) is 54.5 Å². The monoisotopic (exact) mass is 324 g/mol. The van der Waals surface area contributed by atoms with Gasteiger partial charge in [-0.3, -0.25) is 14.1 Å². The van der Waals surface area contributed by atoms with Gasteiger partial charge < -0.3 is 9.47 Å². The Hall–Kier alpha value is -2.67. The Labute approximate surface area is 140 Å². The second-order valence-electron chi connectivity index (χ2n) is 6.21. The van der Waals surface area contributed by atoms with Crippen LogP contribution in [0.25, 0.3) is 5.65 Å². The highest BCUT2D eigenvalue weighted by atomic mass is 16.2. The summed E-state index contributed by atoms with van der Waals surface area (Å²) in [5, 5.41) is 0. The van der Waals surface area contributed by atoms with Gasteiger partial charge in [0.05, 0.1) is 6.04 Å². The topological polar surface area (TPSA) is 58.7 Å². The lowest BCUT2D eigenvalue weighted by Crippen LogP contribution is -2.49. The maximum Gasteiger partial charge on any atom is 0.270 e. The highest BCUT2D eigenvalue weighted by Crippen LogP contribution is 2.23. The largest absolute Gasteiger partial charge is 0.337 e. The zero-order valence-electron chi connectivity index (χ0n) is 13.8. The van der Waals surface area contributed by atoms with Crippen LogP contribution < -0.4 is 0 Å². The molecule has 24 heavy (non-hydrogen) atoms. The van der Waals surface area contributed by atoms with Crippen molar-refractivity contribution in [2.45, 2.75) is 6.04 Å². The molecule has 4 rings (SSSR count). The highest BCUT2D eigenvalue weighted by Gasteiger charge is 2.31. The van der Waals surface area contributed by atoms with E-state index in [0.29, 0.717) is 18.8 Å². The smallest absolute Gasteiger partial charge is 0.270 e. The molecule has 0 unspecified atom stereocenters. The van der Waals surface area contributed by atoms with Gasteiger partial charge in [-0.05, 0) is 19.2 Å². The summed E-state index contributed by atoms with van der Waals surface area (Å²) in [6.07, 6.45) is 7.29. The Kier molecular flexibility index (Phi) is 3.57. The molecule has 124 valence electrons. The maximum atomic E-state index is 13.0. The number of piperazine rings is 1. The third kappa shape index (κ3) is 2.37. The first kappa shape index (κ1) is 14.9. The highest BCUT2D eigenvalue weighted by molar-refractivity contribution is 5.93. The molecule has 0 N–H and O–H groups in total. The average Bonchev–Trinajstić information content (AvgIpc) is 3.23. The van der Waals surface area contributed by atoms with Crippen LogP contribution >= 0.6 is 0 Å². The van der Waals surface area contributed by atoms with Crippen molar-refractivity contribution < 1.29 is 4.79 Å². The van der Waals surface area contributed by atoms with Crippen LogP contribution in [0.3, 0.4) is 0 Å². The number of aromatic nitrogens is 4. The van der Waals surface area contributed by atoms with Gasteiger partial charge in [0.25, 0.3) is 5.91 Å². The normalized spacial score (nSPS) is 19.1. The summed E-state index contributed by atoms with van der Waals surface area (Å²) in [5.41, 5.74) is 1.43. The predicted molar refractivity (Wildman–Crippen MR) is 89.7 cm³/mol. The van der Waals surface area contributed by atoms with Crippen molar-refractivity contribution in [2.75, 3.05) is 26.7 Å². The molecule has 3 aromatic heterocycles. The first-order valence-corrected chi connectivity index (χ1v) is 8.04. The Morgan fingerprint density at radius 3 is 2.75 bits per heavy atom. The molecule has 3 aromatic rings. The summed E-state index contributed by atoms with van der Waals surface area (Å²) < 4.78 is 3.86. The summed E-state index contributed by atoms with van der Waals surface area (Å²) >= 11 is 0. The van der Waals surface area contributed by atoms with Gasteiger partial charge in [-0.2, -0.15) is 0 Å². The van der Waals surface area contributed by atoms with Crippen molar-refractivity contribution in [3.63, 3.8) is 0 Å². The van der Waals surface area contributed by atoms with Gasteiger partial charge in [0.2, 0.25) is 0 Å². The molecular weight excluding hydrogens is 304 g/mol. The summed E-state index contributed by atoms with van der Waals surface area (Å²) in [6, 6.07) is 5.73. The molecule has 0 aromatic carbocycles. The third-order valence-electron chi connectivity index (χ3n) is 4.74. The van der Waals surface area contributed by atoms with Gasteiger partial charge in [-0.15, -0.1) is 0 Å². The Morgan fingerprint density at radius 2 is 1.96 bits per heavy atom. The van der Waals surface area contributed by atoms with Crippen molar-refractivity contribution in [3.8, 4) is 0 Å². The molecule has 0 spiro atoms. The summed E-state index contributed by atoms with van der Waals surface area (Å²) in [6.45, 7) is 2.16. The van der Waals surface area contributed by atoms with Crippen LogP contribution in [0, 0.1) is 0 Å². The fourth-order valence-corrected chi connectivity index (χ4v) is 3.32. The standard InChI is InChI=1S/C17H20N6O/c1-20-10-11-22(12-14(20)16-19-6-8-21(16)2)17(24)13-4-3-5-15-18-7-9-23(13)15/h3-9,14H,10-12H2,1-2H3/t14-/m1/s1. The first-order chi connectivity index (χ1) is 11.6. The Bertz CT molecular complexity index is 882. The molecule has 0 radical (unpaired) electrons. The Morgan fingerprint density at radius 1 is 1.12 bits per heavy atom. The number of hydrogen-bond acceptors (Lipinski definition) is 4. The van der Waals surface area contributed by atoms with Crippen LogP contribution in [0.15, 0.2) is 43.0 Å². The Balaban J connectivity index is 1.63. The quantitative estimate of drug-likeness (QED) is 0.711. The van der Waals surface area contributed by atoms with Gasteiger partial charge in [0, 0.05) is 51.5 Å². The van der Waals surface area contributed by atoms with Crippen LogP contribution in [-0.2, 0) is 7.05 Å². The van der Waals surface area contributed by atoms with Crippen LogP contribution in [-0.4, -0.2) is 61.3 Å². The molecule has 1 amide bonds. The average molecular weight is 324 g/mol. The molecule has 1 aliphatic heterocycles. The number of carbonyl (C=O) groups excluding carboxylic acids is 1. The minimum atomic E-state index is 0.0332. The lowest BCUT2D eigenvalue weighted by atomic mass is 10.1. The lowest BCUT2D eigenvalue weighted by Gasteiger charge is -2.39. The second kappa shape index (κ2) is 5.76. The van der Waals surface area contributed by atoms with E-state index >= 15 is 0 Å². The van der Waals surface area contributed by atoms with Gasteiger partial charge in [0.1, 0.15) is 17.2 Å². The van der Waals surface area contributed by atoms with Crippen molar-refractivity contribution in [2.24, 2.45) is 7.05 Å². The predicted octanol–water partition coefficient (Wildman–Crippen LogP) is 1.20. The fourth-order valence-electron chi connectivity index (χ4n) is 3.32. The van der Waals surface area contributed by atoms with E-state index in [1.807, 2.05) is 51.5 Å². The molecule has 1 saturated heterocycles. The third-order valence-corrected chi connectivity index (χ3v) is 4.74. The van der Waals surface area contributed by atoms with Crippen LogP contribution in [0.4, 0.5) is 0 Å². The minimum Gasteiger partial charge on any atom is -0.337 e. The number of pyridine rings is 1. The number of rotatable bonds is 2. The molecular formula is C17H20N6O. The molecule has 1 aliphatic rings. The zero-order valence-corrected chi connectivity index (χ0v) is 13.8. The maximum absolute atomic E-state index is 13.0. The van der Waals surface area contributed by atoms with Crippen LogP contribution in [0.5, 0.6) is 0 Å². The van der Waals surface area contributed by atoms with Crippen molar-refractivity contribution >= 4 is 11.6 Å². The van der Waals surface area contributed by atoms with Gasteiger partial charge in [-0.1, -0.05) is 6.07 Å². The molecule has 0 aliphatic carbocycles. The molecule has 1 fully saturated rings. The molecule has 1 atom stereocenters. The summed E-state index contributed by atoms with van der Waals surface area (Å²) in [5.74, 6) is 1.02. The van der Waals surface area contributed by atoms with Gasteiger partial charge in [0.15, 0.2) is 0 Å². The van der Waals surface area contributed by atoms with Crippen molar-refractivity contribution in [1.29, 1.82) is 0 Å². The number of carbonyl (C=O) groups is 1. The number of nitrogens with zero attached hydrogens (tertiary/aromatic N) is 6. The summed E-state index contributed by atoms with van der Waals surface area (Å²) in [4.78, 5) is 25.9.